The van der Waals surface area contributed by atoms with E-state index in [4.69, 9.17) is 10.8 Å². The quantitative estimate of drug-likeness (QED) is 0.537. The number of carbonyl (C=O) groups is 1. The minimum Gasteiger partial charge on any atom is -0.478 e. The lowest BCUT2D eigenvalue weighted by Gasteiger charge is -2.11. The van der Waals surface area contributed by atoms with Gasteiger partial charge >= 0.3 is 5.97 Å². The molecule has 0 unspecified atom stereocenters. The van der Waals surface area contributed by atoms with E-state index in [1.165, 1.54) is 0 Å². The molecule has 4 N–H and O–H groups in total. The Labute approximate surface area is 123 Å². The Kier molecular flexibility index (Phi) is 4.81. The van der Waals surface area contributed by atoms with Gasteiger partial charge in [-0.05, 0) is 37.5 Å². The molecule has 0 atom stereocenters. The van der Waals surface area contributed by atoms with Crippen molar-refractivity contribution in [1.29, 1.82) is 0 Å². The number of hydrogen-bond donors (Lipinski definition) is 3. The van der Waals surface area contributed by atoms with Gasteiger partial charge in [-0.1, -0.05) is 0 Å². The normalized spacial score (nSPS) is 10.5. The number of aromatic carboxylic acids is 1. The van der Waals surface area contributed by atoms with Crippen LogP contribution in [0.2, 0.25) is 0 Å². The van der Waals surface area contributed by atoms with E-state index >= 15 is 0 Å². The average molecular weight is 288 g/mol. The molecule has 1 aromatic heterocycles. The molecule has 1 heterocycles. The number of benzene rings is 1. The van der Waals surface area contributed by atoms with Crippen LogP contribution in [-0.2, 0) is 6.54 Å². The molecule has 1 aromatic carbocycles. The molecular formula is C15H20N4O2. The van der Waals surface area contributed by atoms with Crippen LogP contribution in [0.4, 0.5) is 11.4 Å². The molecule has 6 heteroatoms. The maximum atomic E-state index is 11.1. The van der Waals surface area contributed by atoms with Crippen molar-refractivity contribution >= 4 is 17.3 Å². The van der Waals surface area contributed by atoms with Crippen molar-refractivity contribution in [3.05, 3.63) is 42.0 Å². The van der Waals surface area contributed by atoms with Crippen LogP contribution in [0.3, 0.4) is 0 Å². The second-order valence-electron chi connectivity index (χ2n) is 4.99. The number of nitrogens with zero attached hydrogens (tertiary/aromatic N) is 2. The summed E-state index contributed by atoms with van der Waals surface area (Å²) in [4.78, 5) is 15.1. The minimum atomic E-state index is -1.00. The first-order valence-electron chi connectivity index (χ1n) is 6.91. The van der Waals surface area contributed by atoms with Gasteiger partial charge in [0.25, 0.3) is 0 Å². The highest BCUT2D eigenvalue weighted by Crippen LogP contribution is 2.22. The number of rotatable bonds is 7. The van der Waals surface area contributed by atoms with E-state index < -0.39 is 5.97 Å². The molecule has 6 nitrogen and oxygen atoms in total. The van der Waals surface area contributed by atoms with Crippen molar-refractivity contribution < 1.29 is 9.90 Å². The third kappa shape index (κ3) is 3.98. The summed E-state index contributed by atoms with van der Waals surface area (Å²) in [5.74, 6) is -1.00. The first-order valence-corrected chi connectivity index (χ1v) is 6.91. The zero-order valence-electron chi connectivity index (χ0n) is 12.0. The fourth-order valence-corrected chi connectivity index (χ4v) is 2.15. The number of carboxylic acids is 1. The zero-order chi connectivity index (χ0) is 15.2. The fraction of sp³-hybridized carbons (Fsp3) is 0.333. The van der Waals surface area contributed by atoms with E-state index in [0.717, 1.165) is 37.2 Å². The molecule has 0 amide bonds. The number of nitrogens with one attached hydrogen (secondary N) is 1. The molecule has 0 fully saturated rings. The maximum absolute atomic E-state index is 11.1. The SMILES string of the molecule is Cc1cc(NCCCCn2ccnc2)cc(C(=O)O)c1N. The van der Waals surface area contributed by atoms with Crippen LogP contribution < -0.4 is 11.1 Å². The van der Waals surface area contributed by atoms with E-state index in [1.54, 1.807) is 18.6 Å². The van der Waals surface area contributed by atoms with Crippen LogP contribution in [0.25, 0.3) is 0 Å². The molecular weight excluding hydrogens is 268 g/mol. The molecule has 0 saturated heterocycles. The van der Waals surface area contributed by atoms with Crippen molar-refractivity contribution in [3.63, 3.8) is 0 Å². The van der Waals surface area contributed by atoms with Crippen LogP contribution in [0.1, 0.15) is 28.8 Å². The predicted molar refractivity (Wildman–Crippen MR) is 82.5 cm³/mol. The number of carboxylic acid groups (broad SMARTS) is 1. The Hall–Kier alpha value is -2.50. The van der Waals surface area contributed by atoms with Gasteiger partial charge in [0.1, 0.15) is 0 Å². The predicted octanol–water partition coefficient (Wildman–Crippen LogP) is 2.36. The number of nitrogen functional groups attached to an aromatic ring is 1. The third-order valence-electron chi connectivity index (χ3n) is 3.35. The fourth-order valence-electron chi connectivity index (χ4n) is 2.15. The third-order valence-corrected chi connectivity index (χ3v) is 3.35. The van der Waals surface area contributed by atoms with E-state index in [0.29, 0.717) is 5.69 Å². The number of hydrogen-bond acceptors (Lipinski definition) is 4. The lowest BCUT2D eigenvalue weighted by Crippen LogP contribution is -2.08. The number of unbranched alkanes of at least 4 members (excludes halogenated alkanes) is 1. The number of aromatic nitrogens is 2. The summed E-state index contributed by atoms with van der Waals surface area (Å²) in [6.45, 7) is 3.53. The van der Waals surface area contributed by atoms with Crippen LogP contribution in [0, 0.1) is 6.92 Å². The average Bonchev–Trinajstić information content (AvgIpc) is 2.95. The van der Waals surface area contributed by atoms with Crippen molar-refractivity contribution in [2.24, 2.45) is 0 Å². The van der Waals surface area contributed by atoms with Gasteiger partial charge in [0.15, 0.2) is 0 Å². The summed E-state index contributed by atoms with van der Waals surface area (Å²) in [5.41, 5.74) is 7.81. The highest BCUT2D eigenvalue weighted by atomic mass is 16.4. The molecule has 0 aliphatic rings. The highest BCUT2D eigenvalue weighted by molar-refractivity contribution is 5.95. The van der Waals surface area contributed by atoms with E-state index in [2.05, 4.69) is 10.3 Å². The lowest BCUT2D eigenvalue weighted by molar-refractivity contribution is 0.0698. The number of imidazole rings is 1. The van der Waals surface area contributed by atoms with Crippen molar-refractivity contribution in [2.45, 2.75) is 26.3 Å². The first-order chi connectivity index (χ1) is 10.1. The Balaban J connectivity index is 1.84. The Bertz CT molecular complexity index is 608. The van der Waals surface area contributed by atoms with Gasteiger partial charge < -0.3 is 20.7 Å². The van der Waals surface area contributed by atoms with Crippen LogP contribution in [0.5, 0.6) is 0 Å². The molecule has 0 saturated carbocycles. The minimum absolute atomic E-state index is 0.149. The van der Waals surface area contributed by atoms with Crippen molar-refractivity contribution in [2.75, 3.05) is 17.6 Å². The summed E-state index contributed by atoms with van der Waals surface area (Å²) in [5, 5.41) is 12.4. The smallest absolute Gasteiger partial charge is 0.337 e. The van der Waals surface area contributed by atoms with E-state index in [9.17, 15) is 4.79 Å². The Morgan fingerprint density at radius 1 is 1.43 bits per heavy atom. The summed E-state index contributed by atoms with van der Waals surface area (Å²) < 4.78 is 2.04. The summed E-state index contributed by atoms with van der Waals surface area (Å²) >= 11 is 0. The van der Waals surface area contributed by atoms with Crippen molar-refractivity contribution in [3.8, 4) is 0 Å². The molecule has 0 aliphatic heterocycles. The van der Waals surface area contributed by atoms with Gasteiger partial charge in [-0.15, -0.1) is 0 Å². The maximum Gasteiger partial charge on any atom is 0.337 e. The largest absolute Gasteiger partial charge is 0.478 e. The summed E-state index contributed by atoms with van der Waals surface area (Å²) in [6, 6.07) is 3.46. The molecule has 112 valence electrons. The van der Waals surface area contributed by atoms with Gasteiger partial charge in [0.05, 0.1) is 11.9 Å². The molecule has 21 heavy (non-hydrogen) atoms. The number of aryl methyl sites for hydroxylation is 2. The van der Waals surface area contributed by atoms with Gasteiger partial charge in [0, 0.05) is 36.9 Å². The molecule has 0 radical (unpaired) electrons. The summed E-state index contributed by atoms with van der Waals surface area (Å²) in [6.07, 6.45) is 7.53. The van der Waals surface area contributed by atoms with E-state index in [1.807, 2.05) is 23.8 Å². The Morgan fingerprint density at radius 2 is 2.24 bits per heavy atom. The monoisotopic (exact) mass is 288 g/mol. The van der Waals surface area contributed by atoms with Gasteiger partial charge in [0.2, 0.25) is 0 Å². The zero-order valence-corrected chi connectivity index (χ0v) is 12.0. The molecule has 2 aromatic rings. The van der Waals surface area contributed by atoms with Crippen LogP contribution in [0.15, 0.2) is 30.9 Å². The van der Waals surface area contributed by atoms with Crippen LogP contribution >= 0.6 is 0 Å². The van der Waals surface area contributed by atoms with Gasteiger partial charge in [-0.3, -0.25) is 0 Å². The summed E-state index contributed by atoms with van der Waals surface area (Å²) in [7, 11) is 0. The molecule has 0 bridgehead atoms. The number of anilines is 2. The molecule has 0 spiro atoms. The van der Waals surface area contributed by atoms with Gasteiger partial charge in [-0.25, -0.2) is 9.78 Å². The van der Waals surface area contributed by atoms with Crippen LogP contribution in [-0.4, -0.2) is 27.2 Å². The highest BCUT2D eigenvalue weighted by Gasteiger charge is 2.11. The molecule has 0 aliphatic carbocycles. The Morgan fingerprint density at radius 3 is 2.90 bits per heavy atom. The van der Waals surface area contributed by atoms with Gasteiger partial charge in [-0.2, -0.15) is 0 Å². The molecule has 2 rings (SSSR count). The van der Waals surface area contributed by atoms with E-state index in [-0.39, 0.29) is 5.56 Å². The second-order valence-corrected chi connectivity index (χ2v) is 4.99. The number of nitrogens with two attached hydrogens (primary N) is 1. The first kappa shape index (κ1) is 14.9. The lowest BCUT2D eigenvalue weighted by atomic mass is 10.1. The second kappa shape index (κ2) is 6.78. The van der Waals surface area contributed by atoms with Crippen molar-refractivity contribution in [1.82, 2.24) is 9.55 Å². The standard InChI is InChI=1S/C15H20N4O2/c1-11-8-12(9-13(14(11)16)15(20)21)18-4-2-3-6-19-7-5-17-10-19/h5,7-10,18H,2-4,6,16H2,1H3,(H,20,21). The topological polar surface area (TPSA) is 93.2 Å².